The standard InChI is InChI=1S/C10H9N3.2C4H6O2.Ni.H2O/c1-3-7-11-9(5-1)13-10-6-2-4-8-12-10;2*1-2-3-4(5)6;;/h1-8H,(H,11,12,13);2*2-3H,1H3,(H,5,6);;1H2/q;;;+2;/p-2/b;2*3-2+;;. The molecular formula is C18H21N3NiO5. The number of hydrogen-bond donors (Lipinski definition) is 1. The van der Waals surface area contributed by atoms with Crippen LogP contribution in [0.3, 0.4) is 0 Å². The summed E-state index contributed by atoms with van der Waals surface area (Å²) >= 11 is 0. The molecular weight excluding hydrogens is 397 g/mol. The number of pyridine rings is 2. The van der Waals surface area contributed by atoms with Gasteiger partial charge in [-0.3, -0.25) is 0 Å². The van der Waals surface area contributed by atoms with Crippen LogP contribution in [0, 0.1) is 0 Å². The second-order valence-corrected chi connectivity index (χ2v) is 4.19. The Hall–Kier alpha value is -3.03. The van der Waals surface area contributed by atoms with Gasteiger partial charge in [0, 0.05) is 12.4 Å². The average Bonchev–Trinajstić information content (AvgIpc) is 2.57. The van der Waals surface area contributed by atoms with Crippen molar-refractivity contribution in [1.82, 2.24) is 9.97 Å². The predicted molar refractivity (Wildman–Crippen MR) is 95.0 cm³/mol. The van der Waals surface area contributed by atoms with Crippen molar-refractivity contribution in [3.8, 4) is 0 Å². The van der Waals surface area contributed by atoms with Crippen molar-refractivity contribution < 1.29 is 41.8 Å². The van der Waals surface area contributed by atoms with Crippen LogP contribution in [0.1, 0.15) is 13.8 Å². The number of aromatic nitrogens is 2. The van der Waals surface area contributed by atoms with Crippen LogP contribution in [0.2, 0.25) is 0 Å². The number of hydrogen-bond acceptors (Lipinski definition) is 7. The van der Waals surface area contributed by atoms with E-state index in [2.05, 4.69) is 15.3 Å². The fourth-order valence-electron chi connectivity index (χ4n) is 1.28. The molecule has 9 heteroatoms. The Kier molecular flexibility index (Phi) is 20.6. The molecule has 3 N–H and O–H groups in total. The second kappa shape index (κ2) is 19.3. The first-order valence-electron chi connectivity index (χ1n) is 7.26. The molecule has 0 aliphatic heterocycles. The van der Waals surface area contributed by atoms with E-state index in [9.17, 15) is 19.8 Å². The normalized spacial score (nSPS) is 8.81. The molecule has 2 rings (SSSR count). The van der Waals surface area contributed by atoms with Crippen LogP contribution in [-0.2, 0) is 26.1 Å². The smallest absolute Gasteiger partial charge is 0.545 e. The third kappa shape index (κ3) is 19.1. The van der Waals surface area contributed by atoms with Crippen molar-refractivity contribution in [2.45, 2.75) is 13.8 Å². The van der Waals surface area contributed by atoms with Crippen LogP contribution in [-0.4, -0.2) is 27.4 Å². The first-order valence-corrected chi connectivity index (χ1v) is 7.26. The maximum atomic E-state index is 9.40. The molecule has 0 amide bonds. The molecule has 0 unspecified atom stereocenters. The molecule has 0 spiro atoms. The molecule has 8 nitrogen and oxygen atoms in total. The first kappa shape index (κ1) is 28.8. The molecule has 148 valence electrons. The molecule has 2 heterocycles. The van der Waals surface area contributed by atoms with Crippen molar-refractivity contribution in [2.24, 2.45) is 0 Å². The quantitative estimate of drug-likeness (QED) is 0.543. The summed E-state index contributed by atoms with van der Waals surface area (Å²) in [5.74, 6) is -0.669. The first-order chi connectivity index (χ1) is 12.0. The van der Waals surface area contributed by atoms with Gasteiger partial charge in [0.15, 0.2) is 0 Å². The van der Waals surface area contributed by atoms with Crippen LogP contribution in [0.5, 0.6) is 0 Å². The van der Waals surface area contributed by atoms with Crippen LogP contribution >= 0.6 is 0 Å². The Morgan fingerprint density at radius 1 is 0.852 bits per heavy atom. The van der Waals surface area contributed by atoms with Crippen molar-refractivity contribution in [3.63, 3.8) is 0 Å². The maximum absolute atomic E-state index is 9.40. The summed E-state index contributed by atoms with van der Waals surface area (Å²) in [7, 11) is 0. The molecule has 0 radical (unpaired) electrons. The van der Waals surface area contributed by atoms with Crippen molar-refractivity contribution in [1.29, 1.82) is 0 Å². The van der Waals surface area contributed by atoms with E-state index in [-0.39, 0.29) is 22.0 Å². The van der Waals surface area contributed by atoms with Gasteiger partial charge in [0.25, 0.3) is 0 Å². The van der Waals surface area contributed by atoms with Gasteiger partial charge in [-0.05, 0) is 50.3 Å². The largest absolute Gasteiger partial charge is 2.00 e. The van der Waals surface area contributed by atoms with Gasteiger partial charge in [0.05, 0.1) is 11.9 Å². The molecule has 0 atom stereocenters. The van der Waals surface area contributed by atoms with Crippen molar-refractivity contribution in [2.75, 3.05) is 5.32 Å². The Labute approximate surface area is 167 Å². The number of nitrogens with one attached hydrogen (secondary N) is 1. The fraction of sp³-hybridized carbons (Fsp3) is 0.111. The number of carbonyl (C=O) groups is 2. The monoisotopic (exact) mass is 417 g/mol. The average molecular weight is 418 g/mol. The number of carbonyl (C=O) groups excluding carboxylic acids is 2. The van der Waals surface area contributed by atoms with E-state index < -0.39 is 11.9 Å². The number of carboxylic acids is 2. The predicted octanol–water partition coefficient (Wildman–Crippen LogP) is 0.0178. The van der Waals surface area contributed by atoms with Gasteiger partial charge in [-0.15, -0.1) is 0 Å². The molecule has 0 aliphatic rings. The minimum Gasteiger partial charge on any atom is -0.545 e. The maximum Gasteiger partial charge on any atom is 2.00 e. The Morgan fingerprint density at radius 3 is 1.41 bits per heavy atom. The second-order valence-electron chi connectivity index (χ2n) is 4.19. The summed E-state index contributed by atoms with van der Waals surface area (Å²) in [4.78, 5) is 27.0. The van der Waals surface area contributed by atoms with E-state index in [4.69, 9.17) is 0 Å². The van der Waals surface area contributed by atoms with Gasteiger partial charge in [-0.25, -0.2) is 9.97 Å². The zero-order chi connectivity index (χ0) is 18.9. The summed E-state index contributed by atoms with van der Waals surface area (Å²) in [5, 5.41) is 21.9. The molecule has 27 heavy (non-hydrogen) atoms. The summed E-state index contributed by atoms with van der Waals surface area (Å²) < 4.78 is 0. The van der Waals surface area contributed by atoms with Crippen LogP contribution < -0.4 is 15.5 Å². The third-order valence-corrected chi connectivity index (χ3v) is 2.19. The van der Waals surface area contributed by atoms with Crippen LogP contribution in [0.25, 0.3) is 0 Å². The number of anilines is 2. The van der Waals surface area contributed by atoms with Crippen molar-refractivity contribution >= 4 is 23.6 Å². The molecule has 2 aromatic heterocycles. The third-order valence-electron chi connectivity index (χ3n) is 2.19. The number of carboxylic acid groups (broad SMARTS) is 2. The number of aliphatic carboxylic acids is 2. The minimum atomic E-state index is -1.14. The van der Waals surface area contributed by atoms with E-state index in [0.29, 0.717) is 0 Å². The Balaban J connectivity index is -0.000000354. The summed E-state index contributed by atoms with van der Waals surface area (Å²) in [6.45, 7) is 3.24. The van der Waals surface area contributed by atoms with E-state index in [1.807, 2.05) is 36.4 Å². The van der Waals surface area contributed by atoms with E-state index >= 15 is 0 Å². The number of rotatable bonds is 4. The minimum absolute atomic E-state index is 0. The summed E-state index contributed by atoms with van der Waals surface area (Å²) in [6.07, 6.45) is 8.25. The van der Waals surface area contributed by atoms with Gasteiger partial charge in [-0.2, -0.15) is 0 Å². The Bertz CT molecular complexity index is 620. The molecule has 0 fully saturated rings. The molecule has 0 saturated carbocycles. The van der Waals surface area contributed by atoms with Crippen LogP contribution in [0.15, 0.2) is 73.1 Å². The molecule has 0 aliphatic carbocycles. The van der Waals surface area contributed by atoms with E-state index in [1.165, 1.54) is 12.2 Å². The van der Waals surface area contributed by atoms with Gasteiger partial charge in [0.2, 0.25) is 0 Å². The fourth-order valence-corrected chi connectivity index (χ4v) is 1.28. The Morgan fingerprint density at radius 2 is 1.22 bits per heavy atom. The summed E-state index contributed by atoms with van der Waals surface area (Å²) in [6, 6.07) is 11.4. The number of allylic oxidation sites excluding steroid dienone is 2. The van der Waals surface area contributed by atoms with Gasteiger partial charge in [0.1, 0.15) is 11.6 Å². The van der Waals surface area contributed by atoms with Gasteiger partial charge < -0.3 is 30.6 Å². The topological polar surface area (TPSA) is 150 Å². The molecule has 0 bridgehead atoms. The van der Waals surface area contributed by atoms with Gasteiger partial charge >= 0.3 is 16.5 Å². The van der Waals surface area contributed by atoms with E-state index in [1.54, 1.807) is 26.2 Å². The molecule has 0 aromatic carbocycles. The zero-order valence-corrected chi connectivity index (χ0v) is 15.8. The SMILES string of the molecule is C/C=C/C(=O)[O-].C/C=C/C(=O)[O-].O.[Ni+2].c1ccc(Nc2ccccn2)nc1. The number of nitrogens with zero attached hydrogens (tertiary/aromatic N) is 2. The van der Waals surface area contributed by atoms with Gasteiger partial charge in [-0.1, -0.05) is 24.3 Å². The van der Waals surface area contributed by atoms with Crippen molar-refractivity contribution in [3.05, 3.63) is 73.1 Å². The van der Waals surface area contributed by atoms with Crippen LogP contribution in [0.4, 0.5) is 11.6 Å². The zero-order valence-electron chi connectivity index (χ0n) is 14.8. The molecule has 2 aromatic rings. The summed E-state index contributed by atoms with van der Waals surface area (Å²) in [5.41, 5.74) is 0. The van der Waals surface area contributed by atoms with E-state index in [0.717, 1.165) is 23.8 Å². The molecule has 0 saturated heterocycles.